The summed E-state index contributed by atoms with van der Waals surface area (Å²) in [4.78, 5) is 11.2. The van der Waals surface area contributed by atoms with Crippen LogP contribution in [0.2, 0.25) is 0 Å². The van der Waals surface area contributed by atoms with E-state index in [4.69, 9.17) is 0 Å². The average molecular weight is 309 g/mol. The first-order valence-electron chi connectivity index (χ1n) is 7.93. The molecule has 0 aliphatic rings. The first-order valence-corrected chi connectivity index (χ1v) is 11.8. The van der Waals surface area contributed by atoms with E-state index >= 15 is 0 Å². The van der Waals surface area contributed by atoms with E-state index in [1.165, 1.54) is 6.16 Å². The van der Waals surface area contributed by atoms with E-state index in [1.807, 2.05) is 0 Å². The van der Waals surface area contributed by atoms with Crippen LogP contribution in [0, 0.1) is 0 Å². The van der Waals surface area contributed by atoms with E-state index in [2.05, 4.69) is 60.1 Å². The maximum atomic E-state index is 11.2. The van der Waals surface area contributed by atoms with Gasteiger partial charge in [0, 0.05) is 0 Å². The third-order valence-corrected chi connectivity index (χ3v) is 12.7. The fraction of sp³-hybridized carbons (Fsp3) is 1.00. The second-order valence-electron chi connectivity index (χ2n) is 6.38. The summed E-state index contributed by atoms with van der Waals surface area (Å²) in [5.74, 6) is 0. The van der Waals surface area contributed by atoms with Crippen molar-refractivity contribution in [2.45, 2.75) is 72.4 Å². The van der Waals surface area contributed by atoms with Crippen LogP contribution in [0.4, 0.5) is 0 Å². The third-order valence-electron chi connectivity index (χ3n) is 4.30. The molecule has 0 spiro atoms. The molecule has 0 saturated carbocycles. The molecule has 118 valence electrons. The fourth-order valence-electron chi connectivity index (χ4n) is 2.99. The minimum atomic E-state index is -2.26. The van der Waals surface area contributed by atoms with Crippen LogP contribution < -0.4 is 0 Å². The van der Waals surface area contributed by atoms with Crippen LogP contribution in [0.1, 0.15) is 55.4 Å². The van der Waals surface area contributed by atoms with Gasteiger partial charge in [0.05, 0.1) is 0 Å². The van der Waals surface area contributed by atoms with Gasteiger partial charge in [-0.3, -0.25) is 0 Å². The summed E-state index contributed by atoms with van der Waals surface area (Å²) in [5, 5.41) is 0. The molecule has 0 aliphatic carbocycles. The second kappa shape index (κ2) is 8.93. The molecule has 0 aromatic carbocycles. The van der Waals surface area contributed by atoms with Gasteiger partial charge in [-0.1, -0.05) is 0 Å². The SMILES string of the molecule is CCN(CC)[PH](O)(CCP(C(C)C)C(C)C)C(C)C. The molecule has 0 fully saturated rings. The molecule has 0 radical (unpaired) electrons. The van der Waals surface area contributed by atoms with Crippen molar-refractivity contribution in [1.29, 1.82) is 0 Å². The predicted molar refractivity (Wildman–Crippen MR) is 95.5 cm³/mol. The average Bonchev–Trinajstić information content (AvgIpc) is 2.29. The van der Waals surface area contributed by atoms with Crippen molar-refractivity contribution >= 4 is 15.6 Å². The Bertz CT molecular complexity index is 234. The molecule has 0 aliphatic heterocycles. The number of hydrogen-bond acceptors (Lipinski definition) is 2. The summed E-state index contributed by atoms with van der Waals surface area (Å²) in [6, 6.07) is 0. The minimum absolute atomic E-state index is 0.0455. The van der Waals surface area contributed by atoms with Gasteiger partial charge >= 0.3 is 123 Å². The van der Waals surface area contributed by atoms with Gasteiger partial charge < -0.3 is 0 Å². The van der Waals surface area contributed by atoms with Crippen molar-refractivity contribution in [2.24, 2.45) is 0 Å². The Hall–Kier alpha value is 0.780. The normalized spacial score (nSPS) is 14.4. The molecular formula is C15H37NOP2. The summed E-state index contributed by atoms with van der Waals surface area (Å²) in [6.07, 6.45) is 2.29. The molecule has 2 nitrogen and oxygen atoms in total. The van der Waals surface area contributed by atoms with Crippen LogP contribution >= 0.6 is 15.6 Å². The topological polar surface area (TPSA) is 23.5 Å². The molecular weight excluding hydrogens is 272 g/mol. The van der Waals surface area contributed by atoms with Crippen LogP contribution in [0.15, 0.2) is 0 Å². The van der Waals surface area contributed by atoms with Crippen molar-refractivity contribution in [2.75, 3.05) is 25.4 Å². The van der Waals surface area contributed by atoms with Gasteiger partial charge in [0.2, 0.25) is 0 Å². The quantitative estimate of drug-likeness (QED) is 0.629. The van der Waals surface area contributed by atoms with Crippen molar-refractivity contribution in [3.8, 4) is 0 Å². The van der Waals surface area contributed by atoms with Crippen LogP contribution in [-0.4, -0.2) is 52.0 Å². The summed E-state index contributed by atoms with van der Waals surface area (Å²) in [5.41, 5.74) is 1.97. The Labute approximate surface area is 123 Å². The standard InChI is InChI=1S/C15H37NOP2/c1-9-16(10-2)19(17,15(7)8)12-11-18(13(3)4)14(5)6/h13-15,17,19H,9-12H2,1-8H3. The van der Waals surface area contributed by atoms with Crippen molar-refractivity contribution in [3.63, 3.8) is 0 Å². The van der Waals surface area contributed by atoms with Crippen LogP contribution in [-0.2, 0) is 0 Å². The van der Waals surface area contributed by atoms with Gasteiger partial charge in [0.15, 0.2) is 0 Å². The van der Waals surface area contributed by atoms with E-state index < -0.39 is 7.64 Å². The van der Waals surface area contributed by atoms with Gasteiger partial charge in [-0.05, 0) is 0 Å². The first-order chi connectivity index (χ1) is 8.70. The Morgan fingerprint density at radius 3 is 1.63 bits per heavy atom. The van der Waals surface area contributed by atoms with E-state index in [0.29, 0.717) is 5.66 Å². The maximum absolute atomic E-state index is 11.2. The Morgan fingerprint density at radius 2 is 1.37 bits per heavy atom. The molecule has 0 saturated heterocycles. The molecule has 0 heterocycles. The zero-order chi connectivity index (χ0) is 15.2. The Kier molecular flexibility index (Phi) is 9.30. The second-order valence-corrected chi connectivity index (χ2v) is 14.0. The fourth-order valence-corrected chi connectivity index (χ4v) is 10.3. The van der Waals surface area contributed by atoms with Gasteiger partial charge in [-0.25, -0.2) is 0 Å². The molecule has 1 N–H and O–H groups in total. The van der Waals surface area contributed by atoms with E-state index in [9.17, 15) is 4.89 Å². The van der Waals surface area contributed by atoms with Crippen molar-refractivity contribution in [3.05, 3.63) is 0 Å². The summed E-state index contributed by atoms with van der Waals surface area (Å²) in [6.45, 7) is 20.1. The zero-order valence-electron chi connectivity index (χ0n) is 14.4. The molecule has 0 rings (SSSR count). The Balaban J connectivity index is 4.85. The van der Waals surface area contributed by atoms with Gasteiger partial charge in [-0.15, -0.1) is 0 Å². The monoisotopic (exact) mass is 309 g/mol. The molecule has 0 unspecified atom stereocenters. The predicted octanol–water partition coefficient (Wildman–Crippen LogP) is 4.61. The van der Waals surface area contributed by atoms with Crippen LogP contribution in [0.5, 0.6) is 0 Å². The van der Waals surface area contributed by atoms with Gasteiger partial charge in [-0.2, -0.15) is 0 Å². The first kappa shape index (κ1) is 19.8. The van der Waals surface area contributed by atoms with Gasteiger partial charge in [0.25, 0.3) is 0 Å². The summed E-state index contributed by atoms with van der Waals surface area (Å²) < 4.78 is 2.37. The molecule has 0 atom stereocenters. The molecule has 0 aromatic heterocycles. The number of rotatable bonds is 9. The zero-order valence-corrected chi connectivity index (χ0v) is 16.3. The molecule has 4 heteroatoms. The van der Waals surface area contributed by atoms with E-state index in [0.717, 1.165) is 30.6 Å². The summed E-state index contributed by atoms with van der Waals surface area (Å²) >= 11 is 0. The van der Waals surface area contributed by atoms with Crippen LogP contribution in [0.3, 0.4) is 0 Å². The number of hydrogen-bond donors (Lipinski definition) is 1. The molecule has 0 amide bonds. The van der Waals surface area contributed by atoms with E-state index in [1.54, 1.807) is 0 Å². The molecule has 19 heavy (non-hydrogen) atoms. The van der Waals surface area contributed by atoms with Crippen LogP contribution in [0.25, 0.3) is 0 Å². The summed E-state index contributed by atoms with van der Waals surface area (Å²) in [7, 11) is -2.22. The molecule has 0 bridgehead atoms. The molecule has 0 aromatic rings. The Morgan fingerprint density at radius 1 is 0.947 bits per heavy atom. The van der Waals surface area contributed by atoms with Crippen molar-refractivity contribution < 1.29 is 4.89 Å². The van der Waals surface area contributed by atoms with Gasteiger partial charge in [0.1, 0.15) is 0 Å². The van der Waals surface area contributed by atoms with E-state index in [-0.39, 0.29) is 7.92 Å². The third kappa shape index (κ3) is 5.58. The van der Waals surface area contributed by atoms with Crippen molar-refractivity contribution in [1.82, 2.24) is 4.67 Å². The number of nitrogens with zero attached hydrogens (tertiary/aromatic N) is 1.